The van der Waals surface area contributed by atoms with Gasteiger partial charge in [0.05, 0.1) is 4.92 Å². The zero-order chi connectivity index (χ0) is 10.0. The van der Waals surface area contributed by atoms with E-state index in [1.807, 2.05) is 6.92 Å². The second kappa shape index (κ2) is 3.74. The van der Waals surface area contributed by atoms with Crippen molar-refractivity contribution in [1.29, 1.82) is 0 Å². The second-order valence-electron chi connectivity index (χ2n) is 2.57. The predicted molar refractivity (Wildman–Crippen MR) is 54.6 cm³/mol. The average molecular weight is 245 g/mol. The molecule has 0 unspecified atom stereocenters. The molecule has 0 aliphatic rings. The Kier molecular flexibility index (Phi) is 2.87. The van der Waals surface area contributed by atoms with Crippen LogP contribution in [0.2, 0.25) is 0 Å². The summed E-state index contributed by atoms with van der Waals surface area (Å²) in [5, 5.41) is 10.5. The zero-order valence-corrected chi connectivity index (χ0v) is 8.67. The number of rotatable bonds is 2. The van der Waals surface area contributed by atoms with Gasteiger partial charge in [-0.2, -0.15) is 0 Å². The van der Waals surface area contributed by atoms with Crippen molar-refractivity contribution >= 4 is 27.3 Å². The minimum absolute atomic E-state index is 0.0277. The second-order valence-corrected chi connectivity index (χ2v) is 3.42. The number of benzene rings is 1. The number of nitro groups is 1. The number of hydrogen-bond donors (Lipinski definition) is 1. The van der Waals surface area contributed by atoms with Gasteiger partial charge in [0.15, 0.2) is 0 Å². The molecule has 0 aromatic heterocycles. The minimum Gasteiger partial charge on any atom is -0.393 e. The van der Waals surface area contributed by atoms with Gasteiger partial charge in [0.1, 0.15) is 5.69 Å². The smallest absolute Gasteiger partial charge is 0.292 e. The first-order chi connectivity index (χ1) is 6.07. The molecule has 0 spiro atoms. The summed E-state index contributed by atoms with van der Waals surface area (Å²) >= 11 is 3.29. The number of halogens is 1. The molecule has 1 rings (SSSR count). The van der Waals surface area contributed by atoms with Crippen molar-refractivity contribution in [2.45, 2.75) is 13.3 Å². The lowest BCUT2D eigenvalue weighted by atomic mass is 10.1. The summed E-state index contributed by atoms with van der Waals surface area (Å²) in [6, 6.07) is 3.05. The van der Waals surface area contributed by atoms with Gasteiger partial charge in [0, 0.05) is 10.5 Å². The lowest BCUT2D eigenvalue weighted by Crippen LogP contribution is -2.00. The number of anilines is 1. The Morgan fingerprint density at radius 1 is 1.62 bits per heavy atom. The summed E-state index contributed by atoms with van der Waals surface area (Å²) in [5.74, 6) is 0. The van der Waals surface area contributed by atoms with E-state index in [1.165, 1.54) is 6.07 Å². The molecule has 2 N–H and O–H groups in total. The van der Waals surface area contributed by atoms with Crippen LogP contribution in [-0.4, -0.2) is 4.92 Å². The third-order valence-corrected chi connectivity index (χ3v) is 2.57. The van der Waals surface area contributed by atoms with Crippen LogP contribution in [0.25, 0.3) is 0 Å². The Balaban J connectivity index is 3.35. The van der Waals surface area contributed by atoms with Crippen LogP contribution in [0.15, 0.2) is 16.6 Å². The van der Waals surface area contributed by atoms with E-state index in [-0.39, 0.29) is 11.4 Å². The predicted octanol–water partition coefficient (Wildman–Crippen LogP) is 2.50. The van der Waals surface area contributed by atoms with E-state index >= 15 is 0 Å². The number of nitrogen functional groups attached to an aromatic ring is 1. The van der Waals surface area contributed by atoms with Crippen molar-refractivity contribution in [3.05, 3.63) is 32.3 Å². The van der Waals surface area contributed by atoms with E-state index in [9.17, 15) is 10.1 Å². The van der Waals surface area contributed by atoms with E-state index < -0.39 is 4.92 Å². The van der Waals surface area contributed by atoms with Crippen LogP contribution in [0.5, 0.6) is 0 Å². The number of hydrogen-bond acceptors (Lipinski definition) is 3. The Morgan fingerprint density at radius 2 is 2.23 bits per heavy atom. The summed E-state index contributed by atoms with van der Waals surface area (Å²) in [5.41, 5.74) is 6.63. The van der Waals surface area contributed by atoms with Gasteiger partial charge in [-0.3, -0.25) is 10.1 Å². The van der Waals surface area contributed by atoms with Crippen molar-refractivity contribution in [2.24, 2.45) is 0 Å². The highest BCUT2D eigenvalue weighted by atomic mass is 79.9. The molecule has 0 saturated heterocycles. The first kappa shape index (κ1) is 9.98. The fourth-order valence-electron chi connectivity index (χ4n) is 1.14. The number of nitrogens with two attached hydrogens (primary N) is 1. The topological polar surface area (TPSA) is 69.2 Å². The minimum atomic E-state index is -0.471. The van der Waals surface area contributed by atoms with Crippen molar-refractivity contribution < 1.29 is 4.92 Å². The quantitative estimate of drug-likeness (QED) is 0.494. The Morgan fingerprint density at radius 3 is 2.69 bits per heavy atom. The van der Waals surface area contributed by atoms with E-state index in [0.29, 0.717) is 6.42 Å². The van der Waals surface area contributed by atoms with Gasteiger partial charge >= 0.3 is 0 Å². The van der Waals surface area contributed by atoms with Gasteiger partial charge in [-0.25, -0.2) is 0 Å². The number of nitrogens with zero attached hydrogens (tertiary/aromatic N) is 1. The van der Waals surface area contributed by atoms with Crippen LogP contribution >= 0.6 is 15.9 Å². The monoisotopic (exact) mass is 244 g/mol. The highest BCUT2D eigenvalue weighted by molar-refractivity contribution is 9.10. The van der Waals surface area contributed by atoms with Crippen molar-refractivity contribution in [3.63, 3.8) is 0 Å². The Bertz CT molecular complexity index is 352. The third-order valence-electron chi connectivity index (χ3n) is 1.83. The zero-order valence-electron chi connectivity index (χ0n) is 7.08. The van der Waals surface area contributed by atoms with Gasteiger partial charge in [-0.1, -0.05) is 22.9 Å². The molecular formula is C8H9BrN2O2. The van der Waals surface area contributed by atoms with E-state index in [0.717, 1.165) is 10.0 Å². The molecule has 0 aliphatic carbocycles. The van der Waals surface area contributed by atoms with Gasteiger partial charge in [-0.15, -0.1) is 0 Å². The first-order valence-electron chi connectivity index (χ1n) is 3.79. The summed E-state index contributed by atoms with van der Waals surface area (Å²) in [6.07, 6.45) is 0.675. The maximum absolute atomic E-state index is 10.5. The summed E-state index contributed by atoms with van der Waals surface area (Å²) in [6.45, 7) is 1.90. The standard InChI is InChI=1S/C8H9BrN2O2/c1-2-5-6(9)3-4-7(8(5)10)11(12)13/h3-4H,2,10H2,1H3. The van der Waals surface area contributed by atoms with Crippen molar-refractivity contribution in [2.75, 3.05) is 5.73 Å². The van der Waals surface area contributed by atoms with Gasteiger partial charge < -0.3 is 5.73 Å². The van der Waals surface area contributed by atoms with Crippen LogP contribution in [-0.2, 0) is 6.42 Å². The van der Waals surface area contributed by atoms with Crippen LogP contribution in [0.4, 0.5) is 11.4 Å². The summed E-state index contributed by atoms with van der Waals surface area (Å²) in [4.78, 5) is 10.0. The van der Waals surface area contributed by atoms with Crippen LogP contribution in [0.1, 0.15) is 12.5 Å². The first-order valence-corrected chi connectivity index (χ1v) is 4.58. The number of nitro benzene ring substituents is 1. The van der Waals surface area contributed by atoms with Crippen molar-refractivity contribution in [1.82, 2.24) is 0 Å². The molecule has 1 aromatic rings. The fourth-order valence-corrected chi connectivity index (χ4v) is 1.77. The molecule has 0 atom stereocenters. The maximum atomic E-state index is 10.5. The highest BCUT2D eigenvalue weighted by Gasteiger charge is 2.15. The molecular weight excluding hydrogens is 236 g/mol. The molecule has 0 bridgehead atoms. The molecule has 0 heterocycles. The molecule has 4 nitrogen and oxygen atoms in total. The molecule has 0 saturated carbocycles. The van der Waals surface area contributed by atoms with E-state index in [4.69, 9.17) is 5.73 Å². The van der Waals surface area contributed by atoms with Crippen molar-refractivity contribution in [3.8, 4) is 0 Å². The van der Waals surface area contributed by atoms with Gasteiger partial charge in [0.25, 0.3) is 5.69 Å². The van der Waals surface area contributed by atoms with E-state index in [2.05, 4.69) is 15.9 Å². The summed E-state index contributed by atoms with van der Waals surface area (Å²) < 4.78 is 0.818. The molecule has 0 amide bonds. The normalized spacial score (nSPS) is 10.0. The lowest BCUT2D eigenvalue weighted by Gasteiger charge is -2.05. The molecule has 5 heteroatoms. The Labute approximate surface area is 84.0 Å². The van der Waals surface area contributed by atoms with Crippen LogP contribution in [0, 0.1) is 10.1 Å². The average Bonchev–Trinajstić information content (AvgIpc) is 2.04. The largest absolute Gasteiger partial charge is 0.393 e. The maximum Gasteiger partial charge on any atom is 0.292 e. The van der Waals surface area contributed by atoms with E-state index in [1.54, 1.807) is 6.07 Å². The lowest BCUT2D eigenvalue weighted by molar-refractivity contribution is -0.384. The van der Waals surface area contributed by atoms with Gasteiger partial charge in [-0.05, 0) is 18.1 Å². The molecule has 1 aromatic carbocycles. The molecule has 0 fully saturated rings. The summed E-state index contributed by atoms with van der Waals surface area (Å²) in [7, 11) is 0. The molecule has 0 radical (unpaired) electrons. The van der Waals surface area contributed by atoms with Gasteiger partial charge in [0.2, 0.25) is 0 Å². The Hall–Kier alpha value is -1.10. The third kappa shape index (κ3) is 1.80. The highest BCUT2D eigenvalue weighted by Crippen LogP contribution is 2.31. The van der Waals surface area contributed by atoms with Crippen LogP contribution < -0.4 is 5.73 Å². The molecule has 0 aliphatic heterocycles. The molecule has 70 valence electrons. The fraction of sp³-hybridized carbons (Fsp3) is 0.250. The van der Waals surface area contributed by atoms with Crippen LogP contribution in [0.3, 0.4) is 0 Å². The molecule has 13 heavy (non-hydrogen) atoms. The SMILES string of the molecule is CCc1c(Br)ccc([N+](=O)[O-])c1N.